The van der Waals surface area contributed by atoms with Gasteiger partial charge in [0, 0.05) is 0 Å². The maximum absolute atomic E-state index is 13.3. The Morgan fingerprint density at radius 3 is 1.70 bits per heavy atom. The quantitative estimate of drug-likeness (QED) is 0.268. The molecule has 0 heterocycles. The van der Waals surface area contributed by atoms with E-state index in [1.165, 1.54) is 0 Å². The van der Waals surface area contributed by atoms with Crippen LogP contribution in [-0.4, -0.2) is 13.2 Å². The highest BCUT2D eigenvalue weighted by Gasteiger charge is 2.31. The Morgan fingerprint density at radius 2 is 1.30 bits per heavy atom. The van der Waals surface area contributed by atoms with Gasteiger partial charge in [-0.3, -0.25) is 9.05 Å². The smallest absolute Gasteiger partial charge is 0.404 e. The number of hydrogen-bond donors (Lipinski definition) is 0. The number of hydrogen-bond acceptors (Lipinski definition) is 4. The van der Waals surface area contributed by atoms with Gasteiger partial charge in [-0.15, -0.1) is 0 Å². The Kier molecular flexibility index (Phi) is 12.7. The number of phosphoric ester groups is 1. The van der Waals surface area contributed by atoms with Gasteiger partial charge in [-0.05, 0) is 36.8 Å². The number of unbranched alkanes of at least 4 members (excludes halogenated alkanes) is 2. The lowest BCUT2D eigenvalue weighted by Crippen LogP contribution is -2.14. The van der Waals surface area contributed by atoms with E-state index in [9.17, 15) is 4.57 Å². The average molecular weight is 399 g/mol. The second kappa shape index (κ2) is 14.2. The highest BCUT2D eigenvalue weighted by atomic mass is 31.2. The molecule has 0 amide bonds. The van der Waals surface area contributed by atoms with Crippen molar-refractivity contribution in [1.29, 1.82) is 0 Å². The van der Waals surface area contributed by atoms with Crippen molar-refractivity contribution >= 4 is 7.82 Å². The molecule has 1 rings (SSSR count). The van der Waals surface area contributed by atoms with Gasteiger partial charge in [-0.25, -0.2) is 4.57 Å². The van der Waals surface area contributed by atoms with Crippen LogP contribution >= 0.6 is 7.82 Å². The van der Waals surface area contributed by atoms with E-state index in [1.807, 2.05) is 18.2 Å². The molecule has 0 fully saturated rings. The van der Waals surface area contributed by atoms with E-state index in [2.05, 4.69) is 27.7 Å². The van der Waals surface area contributed by atoms with Crippen molar-refractivity contribution in [2.45, 2.75) is 79.1 Å². The van der Waals surface area contributed by atoms with Gasteiger partial charge in [0.1, 0.15) is 5.75 Å². The molecule has 0 saturated carbocycles. The minimum absolute atomic E-state index is 0.378. The standard InChI is InChI=1S/C22H39O4P/c1-5-9-14-20(7-3)18-24-27(23,26-22-16-12-11-13-17-22)25-19-21(8-4)15-10-6-2/h11-13,16-17,20-21H,5-10,14-15,18-19H2,1-4H3/t20-,21+,27?. The predicted octanol–water partition coefficient (Wildman–Crippen LogP) is 7.64. The van der Waals surface area contributed by atoms with E-state index in [4.69, 9.17) is 13.6 Å². The van der Waals surface area contributed by atoms with E-state index in [0.717, 1.165) is 51.4 Å². The van der Waals surface area contributed by atoms with Gasteiger partial charge in [-0.2, -0.15) is 0 Å². The molecule has 1 aromatic carbocycles. The first-order valence-electron chi connectivity index (χ1n) is 10.7. The van der Waals surface area contributed by atoms with Crippen LogP contribution in [0.4, 0.5) is 0 Å². The van der Waals surface area contributed by atoms with Gasteiger partial charge in [0.05, 0.1) is 13.2 Å². The van der Waals surface area contributed by atoms with Crippen LogP contribution in [0.25, 0.3) is 0 Å². The third-order valence-corrected chi connectivity index (χ3v) is 6.35. The van der Waals surface area contributed by atoms with Crippen LogP contribution in [0.3, 0.4) is 0 Å². The summed E-state index contributed by atoms with van der Waals surface area (Å²) < 4.78 is 30.6. The van der Waals surface area contributed by atoms with Crippen LogP contribution < -0.4 is 4.52 Å². The summed E-state index contributed by atoms with van der Waals surface area (Å²) in [5.41, 5.74) is 0. The highest BCUT2D eigenvalue weighted by Crippen LogP contribution is 2.50. The van der Waals surface area contributed by atoms with Crippen molar-refractivity contribution in [2.75, 3.05) is 13.2 Å². The molecule has 0 aliphatic heterocycles. The Labute approximate surface area is 166 Å². The van der Waals surface area contributed by atoms with Crippen molar-refractivity contribution < 1.29 is 18.1 Å². The van der Waals surface area contributed by atoms with Crippen LogP contribution in [0, 0.1) is 11.8 Å². The molecule has 1 aromatic rings. The molecule has 0 aromatic heterocycles. The lowest BCUT2D eigenvalue weighted by Gasteiger charge is -2.23. The first kappa shape index (κ1) is 24.2. The molecule has 3 atom stereocenters. The van der Waals surface area contributed by atoms with Crippen molar-refractivity contribution in [1.82, 2.24) is 0 Å². The second-order valence-electron chi connectivity index (χ2n) is 7.28. The van der Waals surface area contributed by atoms with Crippen molar-refractivity contribution in [3.05, 3.63) is 30.3 Å². The normalized spacial score (nSPS) is 15.9. The van der Waals surface area contributed by atoms with E-state index < -0.39 is 7.82 Å². The van der Waals surface area contributed by atoms with Crippen molar-refractivity contribution in [3.63, 3.8) is 0 Å². The SMILES string of the molecule is CCCC[C@@H](CC)COP(=O)(OC[C@@H](CC)CCCC)Oc1ccccc1. The summed E-state index contributed by atoms with van der Waals surface area (Å²) in [5.74, 6) is 1.27. The summed E-state index contributed by atoms with van der Waals surface area (Å²) in [4.78, 5) is 0. The van der Waals surface area contributed by atoms with Gasteiger partial charge < -0.3 is 4.52 Å². The molecule has 156 valence electrons. The topological polar surface area (TPSA) is 44.8 Å². The van der Waals surface area contributed by atoms with Gasteiger partial charge >= 0.3 is 7.82 Å². The first-order valence-corrected chi connectivity index (χ1v) is 12.2. The van der Waals surface area contributed by atoms with E-state index in [-0.39, 0.29) is 0 Å². The minimum Gasteiger partial charge on any atom is -0.404 e. The summed E-state index contributed by atoms with van der Waals surface area (Å²) in [6.07, 6.45) is 8.77. The van der Waals surface area contributed by atoms with Crippen LogP contribution in [0.1, 0.15) is 79.1 Å². The van der Waals surface area contributed by atoms with E-state index in [0.29, 0.717) is 30.8 Å². The fourth-order valence-corrected chi connectivity index (χ4v) is 4.24. The van der Waals surface area contributed by atoms with E-state index in [1.54, 1.807) is 12.1 Å². The Hall–Kier alpha value is -0.830. The number of phosphoric acid groups is 1. The zero-order valence-electron chi connectivity index (χ0n) is 17.7. The average Bonchev–Trinajstić information content (AvgIpc) is 2.69. The van der Waals surface area contributed by atoms with Gasteiger partial charge in [0.25, 0.3) is 0 Å². The Balaban J connectivity index is 2.74. The van der Waals surface area contributed by atoms with Crippen molar-refractivity contribution in [3.8, 4) is 5.75 Å². The second-order valence-corrected chi connectivity index (χ2v) is 8.87. The highest BCUT2D eigenvalue weighted by molar-refractivity contribution is 7.48. The molecule has 27 heavy (non-hydrogen) atoms. The molecule has 0 saturated heterocycles. The molecule has 0 N–H and O–H groups in total. The zero-order chi connectivity index (χ0) is 20.0. The minimum atomic E-state index is -3.64. The summed E-state index contributed by atoms with van der Waals surface area (Å²) in [6, 6.07) is 9.16. The largest absolute Gasteiger partial charge is 0.530 e. The fraction of sp³-hybridized carbons (Fsp3) is 0.727. The maximum Gasteiger partial charge on any atom is 0.530 e. The lowest BCUT2D eigenvalue weighted by molar-refractivity contribution is 0.115. The van der Waals surface area contributed by atoms with Gasteiger partial charge in [0.2, 0.25) is 0 Å². The summed E-state index contributed by atoms with van der Waals surface area (Å²) in [6.45, 7) is 9.47. The van der Waals surface area contributed by atoms with E-state index >= 15 is 0 Å². The molecule has 0 bridgehead atoms. The van der Waals surface area contributed by atoms with Crippen LogP contribution in [0.15, 0.2) is 30.3 Å². The molecule has 0 spiro atoms. The van der Waals surface area contributed by atoms with Crippen molar-refractivity contribution in [2.24, 2.45) is 11.8 Å². The third-order valence-electron chi connectivity index (χ3n) is 4.98. The summed E-state index contributed by atoms with van der Waals surface area (Å²) >= 11 is 0. The molecule has 0 aliphatic carbocycles. The maximum atomic E-state index is 13.3. The van der Waals surface area contributed by atoms with Crippen LogP contribution in [0.2, 0.25) is 0 Å². The monoisotopic (exact) mass is 398 g/mol. The predicted molar refractivity (Wildman–Crippen MR) is 113 cm³/mol. The van der Waals surface area contributed by atoms with Gasteiger partial charge in [-0.1, -0.05) is 84.4 Å². The molecule has 0 radical (unpaired) electrons. The van der Waals surface area contributed by atoms with Gasteiger partial charge in [0.15, 0.2) is 0 Å². The number of benzene rings is 1. The molecule has 1 unspecified atom stereocenters. The first-order chi connectivity index (χ1) is 13.1. The molecule has 0 aliphatic rings. The summed E-state index contributed by atoms with van der Waals surface area (Å²) in [7, 11) is -3.64. The lowest BCUT2D eigenvalue weighted by atomic mass is 10.0. The van der Waals surface area contributed by atoms with Crippen LogP contribution in [-0.2, 0) is 13.6 Å². The molecule has 5 heteroatoms. The molecular weight excluding hydrogens is 359 g/mol. The van der Waals surface area contributed by atoms with Crippen LogP contribution in [0.5, 0.6) is 5.75 Å². The number of para-hydroxylation sites is 1. The third kappa shape index (κ3) is 10.3. The number of rotatable bonds is 16. The Bertz CT molecular complexity index is 496. The molecule has 4 nitrogen and oxygen atoms in total. The summed E-state index contributed by atoms with van der Waals surface area (Å²) in [5, 5.41) is 0. The zero-order valence-corrected chi connectivity index (χ0v) is 18.6. The Morgan fingerprint density at radius 1 is 0.815 bits per heavy atom. The molecular formula is C22H39O4P. The fourth-order valence-electron chi connectivity index (χ4n) is 2.89.